The molecular formula is C41H43ClFN9O6. The van der Waals surface area contributed by atoms with Gasteiger partial charge in [0.2, 0.25) is 11.8 Å². The summed E-state index contributed by atoms with van der Waals surface area (Å²) in [4.78, 5) is 66.9. The van der Waals surface area contributed by atoms with Gasteiger partial charge in [-0.1, -0.05) is 11.6 Å². The number of amides is 5. The molecule has 4 aliphatic heterocycles. The fourth-order valence-electron chi connectivity index (χ4n) is 7.82. The van der Waals surface area contributed by atoms with Gasteiger partial charge in [-0.3, -0.25) is 39.1 Å². The van der Waals surface area contributed by atoms with Gasteiger partial charge in [0.25, 0.3) is 17.7 Å². The van der Waals surface area contributed by atoms with Crippen molar-refractivity contribution in [3.8, 4) is 11.8 Å². The molecule has 3 aromatic rings. The lowest BCUT2D eigenvalue weighted by Crippen LogP contribution is -2.54. The summed E-state index contributed by atoms with van der Waals surface area (Å²) < 4.78 is 94.2. The van der Waals surface area contributed by atoms with Crippen molar-refractivity contribution in [3.63, 3.8) is 0 Å². The Bertz CT molecular complexity index is 2510. The second-order valence-corrected chi connectivity index (χ2v) is 15.1. The monoisotopic (exact) mass is 819 g/mol. The van der Waals surface area contributed by atoms with E-state index in [4.69, 9.17) is 32.6 Å². The molecule has 4 fully saturated rings. The number of halogens is 2. The van der Waals surface area contributed by atoms with E-state index in [1.54, 1.807) is 30.3 Å². The van der Waals surface area contributed by atoms with E-state index < -0.39 is 96.7 Å². The number of hydrogen-bond acceptors (Lipinski definition) is 12. The zero-order valence-corrected chi connectivity index (χ0v) is 31.7. The lowest BCUT2D eigenvalue weighted by atomic mass is 9.93. The van der Waals surface area contributed by atoms with E-state index in [0.717, 1.165) is 12.1 Å². The summed E-state index contributed by atoms with van der Waals surface area (Å²) in [7, 11) is 0. The normalized spacial score (nSPS) is 28.6. The maximum absolute atomic E-state index is 16.5. The van der Waals surface area contributed by atoms with Crippen LogP contribution in [0, 0.1) is 23.1 Å². The number of aromatic nitrogens is 2. The van der Waals surface area contributed by atoms with Gasteiger partial charge in [-0.05, 0) is 87.3 Å². The third-order valence-corrected chi connectivity index (χ3v) is 11.3. The summed E-state index contributed by atoms with van der Waals surface area (Å²) in [6.45, 7) is -13.4. The molecule has 5 amide bonds. The summed E-state index contributed by atoms with van der Waals surface area (Å²) in [5.74, 6) is -5.44. The van der Waals surface area contributed by atoms with Crippen LogP contribution in [-0.4, -0.2) is 113 Å². The van der Waals surface area contributed by atoms with Gasteiger partial charge in [0.15, 0.2) is 17.3 Å². The Hall–Kier alpha value is -5.66. The molecule has 1 unspecified atom stereocenters. The van der Waals surface area contributed by atoms with E-state index in [-0.39, 0.29) is 35.6 Å². The van der Waals surface area contributed by atoms with Gasteiger partial charge < -0.3 is 19.9 Å². The fraction of sp³-hybridized carbons (Fsp3) is 0.463. The zero-order chi connectivity index (χ0) is 47.7. The van der Waals surface area contributed by atoms with Gasteiger partial charge in [-0.2, -0.15) is 5.26 Å². The minimum atomic E-state index is -3.49. The standard InChI is InChI=1S/C41H43ClFN9O6/c42-30-21-28(4-1-25(30)22-44)58-27-5-2-26(3-6-27)45-38(54)31-8-11-34(48-47-31)51-15-13-24(14-16-51)23-49-17-19-50(20-18-49)32-9-7-29-36(37(32)43)41(57)52(40(29)56)33-10-12-35(53)46-39(33)55/h1,4,7-9,11,21,24,26-27,33H,2-3,5-6,10,12-20,23H2,(H,45,54)(H,46,53,55)/i17D2,18D2,19D2,20D2. The van der Waals surface area contributed by atoms with Gasteiger partial charge in [0, 0.05) is 69.6 Å². The molecule has 3 saturated heterocycles. The molecule has 1 aliphatic carbocycles. The lowest BCUT2D eigenvalue weighted by Gasteiger charge is -2.40. The van der Waals surface area contributed by atoms with Crippen LogP contribution in [0.1, 0.15) is 99.1 Å². The molecule has 0 bridgehead atoms. The molecule has 2 aromatic carbocycles. The van der Waals surface area contributed by atoms with Gasteiger partial charge in [0.05, 0.1) is 39.0 Å². The number of imide groups is 2. The van der Waals surface area contributed by atoms with E-state index >= 15 is 4.39 Å². The molecule has 1 aromatic heterocycles. The Balaban J connectivity index is 0.887. The van der Waals surface area contributed by atoms with Crippen LogP contribution in [0.25, 0.3) is 0 Å². The van der Waals surface area contributed by atoms with Crippen LogP contribution in [0.5, 0.6) is 5.75 Å². The molecule has 5 aliphatic rings. The highest BCUT2D eigenvalue weighted by atomic mass is 35.5. The second-order valence-electron chi connectivity index (χ2n) is 14.7. The van der Waals surface area contributed by atoms with Gasteiger partial charge >= 0.3 is 0 Å². The van der Waals surface area contributed by atoms with Crippen molar-refractivity contribution >= 4 is 52.6 Å². The number of fused-ring (bicyclic) bond motifs is 1. The van der Waals surface area contributed by atoms with Crippen molar-refractivity contribution in [2.24, 2.45) is 5.92 Å². The number of nitrogens with zero attached hydrogens (tertiary/aromatic N) is 7. The summed E-state index contributed by atoms with van der Waals surface area (Å²) in [6.07, 6.45) is 2.84. The quantitative estimate of drug-likeness (QED) is 0.300. The van der Waals surface area contributed by atoms with E-state index in [1.807, 2.05) is 16.3 Å². The summed E-state index contributed by atoms with van der Waals surface area (Å²) in [5, 5.41) is 22.8. The predicted molar refractivity (Wildman–Crippen MR) is 209 cm³/mol. The van der Waals surface area contributed by atoms with Crippen LogP contribution >= 0.6 is 11.6 Å². The first-order valence-electron chi connectivity index (χ1n) is 23.0. The van der Waals surface area contributed by atoms with Crippen LogP contribution in [0.3, 0.4) is 0 Å². The zero-order valence-electron chi connectivity index (χ0n) is 39.0. The van der Waals surface area contributed by atoms with Crippen LogP contribution in [0.15, 0.2) is 42.5 Å². The van der Waals surface area contributed by atoms with Crippen LogP contribution in [-0.2, 0) is 9.59 Å². The highest BCUT2D eigenvalue weighted by Crippen LogP contribution is 2.35. The molecule has 302 valence electrons. The predicted octanol–water partition coefficient (Wildman–Crippen LogP) is 3.70. The minimum Gasteiger partial charge on any atom is -0.490 e. The summed E-state index contributed by atoms with van der Waals surface area (Å²) >= 11 is 6.13. The van der Waals surface area contributed by atoms with E-state index in [1.165, 1.54) is 0 Å². The summed E-state index contributed by atoms with van der Waals surface area (Å²) in [5.41, 5.74) is -2.01. The second kappa shape index (κ2) is 16.7. The van der Waals surface area contributed by atoms with Crippen molar-refractivity contribution in [2.75, 3.05) is 55.4 Å². The number of anilines is 2. The highest BCUT2D eigenvalue weighted by molar-refractivity contribution is 6.31. The van der Waals surface area contributed by atoms with Crippen molar-refractivity contribution in [2.45, 2.75) is 69.6 Å². The Morgan fingerprint density at radius 2 is 1.71 bits per heavy atom. The van der Waals surface area contributed by atoms with Crippen molar-refractivity contribution < 1.29 is 44.1 Å². The van der Waals surface area contributed by atoms with Crippen LogP contribution in [0.2, 0.25) is 5.02 Å². The maximum atomic E-state index is 16.5. The average molecular weight is 820 g/mol. The molecule has 2 N–H and O–H groups in total. The number of ether oxygens (including phenoxy) is 1. The SMILES string of the molecule is [2H]C1([2H])N(CC2CCN(c3ccc(C(=O)NC4CCC(Oc5ccc(C#N)c(Cl)c5)CC4)nn3)CC2)C([2H])([2H])C([2H])([2H])N(c2ccc3c(c2F)C(=O)N(C2CCC(=O)NC2=O)C3=O)C1([2H])[2H]. The van der Waals surface area contributed by atoms with E-state index in [0.29, 0.717) is 83.6 Å². The summed E-state index contributed by atoms with van der Waals surface area (Å²) in [6, 6.07) is 10.2. The molecule has 5 heterocycles. The van der Waals surface area contributed by atoms with Crippen LogP contribution < -0.4 is 25.2 Å². The highest BCUT2D eigenvalue weighted by Gasteiger charge is 2.46. The lowest BCUT2D eigenvalue weighted by molar-refractivity contribution is -0.136. The first-order valence-corrected chi connectivity index (χ1v) is 19.3. The Morgan fingerprint density at radius 3 is 2.38 bits per heavy atom. The van der Waals surface area contributed by atoms with Crippen molar-refractivity contribution in [3.05, 3.63) is 75.7 Å². The number of piperazine rings is 1. The van der Waals surface area contributed by atoms with E-state index in [9.17, 15) is 24.0 Å². The largest absolute Gasteiger partial charge is 0.490 e. The number of hydrogen-bond donors (Lipinski definition) is 2. The van der Waals surface area contributed by atoms with Crippen molar-refractivity contribution in [1.82, 2.24) is 30.6 Å². The molecule has 17 heteroatoms. The third kappa shape index (κ3) is 8.06. The number of rotatable bonds is 9. The Kier molecular flexibility index (Phi) is 8.74. The average Bonchev–Trinajstić information content (AvgIpc) is 3.52. The van der Waals surface area contributed by atoms with E-state index in [2.05, 4.69) is 15.5 Å². The number of carbonyl (C=O) groups excluding carboxylic acids is 5. The molecular weight excluding hydrogens is 769 g/mol. The Morgan fingerprint density at radius 1 is 0.948 bits per heavy atom. The first kappa shape index (κ1) is 30.4. The number of nitrogens with one attached hydrogen (secondary N) is 2. The van der Waals surface area contributed by atoms with Gasteiger partial charge in [-0.25, -0.2) is 4.39 Å². The number of nitriles is 1. The third-order valence-electron chi connectivity index (χ3n) is 11.0. The van der Waals surface area contributed by atoms with Gasteiger partial charge in [0.1, 0.15) is 17.9 Å². The number of piperidine rings is 2. The molecule has 1 atom stereocenters. The molecule has 15 nitrogen and oxygen atoms in total. The molecule has 58 heavy (non-hydrogen) atoms. The molecule has 1 saturated carbocycles. The minimum absolute atomic E-state index is 0.0128. The molecule has 0 spiro atoms. The molecule has 8 rings (SSSR count). The van der Waals surface area contributed by atoms with Crippen LogP contribution in [0.4, 0.5) is 15.9 Å². The van der Waals surface area contributed by atoms with Gasteiger partial charge in [-0.15, -0.1) is 10.2 Å². The topological polar surface area (TPSA) is 181 Å². The maximum Gasteiger partial charge on any atom is 0.272 e. The Labute approximate surface area is 350 Å². The smallest absolute Gasteiger partial charge is 0.272 e. The van der Waals surface area contributed by atoms with Crippen molar-refractivity contribution in [1.29, 1.82) is 5.26 Å². The molecule has 0 radical (unpaired) electrons. The first-order chi connectivity index (χ1) is 31.1. The number of carbonyl (C=O) groups is 5. The number of benzene rings is 2. The fourth-order valence-corrected chi connectivity index (χ4v) is 8.03.